The van der Waals surface area contributed by atoms with Gasteiger partial charge in [-0.15, -0.1) is 0 Å². The van der Waals surface area contributed by atoms with Crippen LogP contribution in [-0.2, 0) is 11.4 Å². The van der Waals surface area contributed by atoms with E-state index in [1.807, 2.05) is 67.6 Å². The van der Waals surface area contributed by atoms with Gasteiger partial charge in [0.05, 0.1) is 23.9 Å². The Morgan fingerprint density at radius 2 is 1.83 bits per heavy atom. The monoisotopic (exact) mass is 586 g/mol. The number of carbonyl (C=O) groups is 1. The Kier molecular flexibility index (Phi) is 8.18. The highest BCUT2D eigenvalue weighted by atomic mass is 79.9. The quantitative estimate of drug-likeness (QED) is 0.216. The van der Waals surface area contributed by atoms with Crippen molar-refractivity contribution in [2.24, 2.45) is 0 Å². The molecule has 0 aliphatic carbocycles. The van der Waals surface area contributed by atoms with Crippen molar-refractivity contribution in [1.82, 2.24) is 4.90 Å². The van der Waals surface area contributed by atoms with E-state index in [-0.39, 0.29) is 5.91 Å². The predicted molar refractivity (Wildman–Crippen MR) is 150 cm³/mol. The summed E-state index contributed by atoms with van der Waals surface area (Å²) in [6, 6.07) is 18.4. The average molecular weight is 588 g/mol. The summed E-state index contributed by atoms with van der Waals surface area (Å²) in [5.74, 6) is 1.59. The molecular formula is C27H24BrClN2O4S. The summed E-state index contributed by atoms with van der Waals surface area (Å²) in [6.45, 7) is 2.81. The van der Waals surface area contributed by atoms with Gasteiger partial charge in [0.1, 0.15) is 18.1 Å². The first-order chi connectivity index (χ1) is 17.3. The summed E-state index contributed by atoms with van der Waals surface area (Å²) in [5.41, 5.74) is 2.80. The van der Waals surface area contributed by atoms with E-state index >= 15 is 0 Å². The van der Waals surface area contributed by atoms with Crippen LogP contribution >= 0.6 is 39.7 Å². The Hall–Kier alpha value is -3.07. The van der Waals surface area contributed by atoms with E-state index < -0.39 is 0 Å². The average Bonchev–Trinajstić information content (AvgIpc) is 3.07. The lowest BCUT2D eigenvalue weighted by atomic mass is 10.1. The number of methoxy groups -OCH3 is 1. The summed E-state index contributed by atoms with van der Waals surface area (Å²) < 4.78 is 17.8. The SMILES string of the molecule is CCOc1ccc(N2C(=O)/C(=C/c3cc(Br)c(OCc4cccc(Cl)c4)c(OC)c3)N(C)C2=S)cc1. The van der Waals surface area contributed by atoms with Gasteiger partial charge in [-0.2, -0.15) is 0 Å². The smallest absolute Gasteiger partial charge is 0.281 e. The number of carbonyl (C=O) groups excluding carboxylic acids is 1. The second kappa shape index (κ2) is 11.3. The van der Waals surface area contributed by atoms with Crippen LogP contribution in [0, 0.1) is 0 Å². The number of hydrogen-bond donors (Lipinski definition) is 0. The molecular weight excluding hydrogens is 564 g/mol. The first kappa shape index (κ1) is 26.0. The molecule has 186 valence electrons. The van der Waals surface area contributed by atoms with Crippen LogP contribution in [0.15, 0.2) is 70.8 Å². The van der Waals surface area contributed by atoms with Crippen molar-refractivity contribution in [2.75, 3.05) is 25.7 Å². The van der Waals surface area contributed by atoms with Crippen molar-refractivity contribution in [1.29, 1.82) is 0 Å². The summed E-state index contributed by atoms with van der Waals surface area (Å²) in [7, 11) is 3.34. The normalized spacial score (nSPS) is 14.5. The molecule has 4 rings (SSSR count). The highest BCUT2D eigenvalue weighted by Gasteiger charge is 2.36. The first-order valence-electron chi connectivity index (χ1n) is 11.1. The fourth-order valence-corrected chi connectivity index (χ4v) is 4.82. The second-order valence-corrected chi connectivity index (χ2v) is 9.55. The highest BCUT2D eigenvalue weighted by Crippen LogP contribution is 2.38. The molecule has 1 heterocycles. The maximum Gasteiger partial charge on any atom is 0.281 e. The van der Waals surface area contributed by atoms with Gasteiger partial charge < -0.3 is 19.1 Å². The number of rotatable bonds is 8. The van der Waals surface area contributed by atoms with E-state index in [0.717, 1.165) is 16.9 Å². The summed E-state index contributed by atoms with van der Waals surface area (Å²) in [4.78, 5) is 16.6. The zero-order chi connectivity index (χ0) is 25.8. The topological polar surface area (TPSA) is 51.2 Å². The molecule has 0 aromatic heterocycles. The van der Waals surface area contributed by atoms with Gasteiger partial charge in [0.25, 0.3) is 5.91 Å². The minimum atomic E-state index is -0.219. The van der Waals surface area contributed by atoms with E-state index in [4.69, 9.17) is 38.0 Å². The van der Waals surface area contributed by atoms with Gasteiger partial charge in [-0.05, 0) is 101 Å². The molecule has 0 bridgehead atoms. The molecule has 9 heteroatoms. The van der Waals surface area contributed by atoms with E-state index in [2.05, 4.69) is 15.9 Å². The molecule has 36 heavy (non-hydrogen) atoms. The van der Waals surface area contributed by atoms with E-state index in [9.17, 15) is 4.79 Å². The van der Waals surface area contributed by atoms with Crippen molar-refractivity contribution in [3.05, 3.63) is 87.0 Å². The lowest BCUT2D eigenvalue weighted by molar-refractivity contribution is -0.114. The summed E-state index contributed by atoms with van der Waals surface area (Å²) in [5, 5.41) is 1.04. The molecule has 1 aliphatic heterocycles. The highest BCUT2D eigenvalue weighted by molar-refractivity contribution is 9.10. The van der Waals surface area contributed by atoms with Crippen molar-refractivity contribution in [3.63, 3.8) is 0 Å². The van der Waals surface area contributed by atoms with E-state index in [0.29, 0.717) is 50.7 Å². The van der Waals surface area contributed by atoms with Crippen LogP contribution in [0.25, 0.3) is 6.08 Å². The minimum absolute atomic E-state index is 0.219. The largest absolute Gasteiger partial charge is 0.494 e. The van der Waals surface area contributed by atoms with Crippen molar-refractivity contribution >= 4 is 62.5 Å². The molecule has 0 radical (unpaired) electrons. The Balaban J connectivity index is 1.59. The number of amides is 1. The zero-order valence-electron chi connectivity index (χ0n) is 20.0. The molecule has 0 atom stereocenters. The molecule has 1 amide bonds. The standard InChI is InChI=1S/C27H24BrClN2O4S/c1-4-34-21-10-8-20(9-11-21)31-26(32)23(30(2)27(31)36)14-18-13-22(28)25(24(15-18)33-3)35-16-17-6-5-7-19(29)12-17/h5-15H,4,16H2,1-3H3/b23-14-. The fraction of sp³-hybridized carbons (Fsp3) is 0.185. The predicted octanol–water partition coefficient (Wildman–Crippen LogP) is 6.69. The van der Waals surface area contributed by atoms with Crippen LogP contribution < -0.4 is 19.1 Å². The maximum atomic E-state index is 13.4. The van der Waals surface area contributed by atoms with Gasteiger partial charge in [0.2, 0.25) is 0 Å². The van der Waals surface area contributed by atoms with Gasteiger partial charge >= 0.3 is 0 Å². The maximum absolute atomic E-state index is 13.4. The number of hydrogen-bond acceptors (Lipinski definition) is 5. The molecule has 0 spiro atoms. The Morgan fingerprint density at radius 3 is 2.50 bits per heavy atom. The van der Waals surface area contributed by atoms with Crippen molar-refractivity contribution in [2.45, 2.75) is 13.5 Å². The van der Waals surface area contributed by atoms with Crippen LogP contribution in [0.4, 0.5) is 5.69 Å². The molecule has 0 unspecified atom stereocenters. The molecule has 1 fully saturated rings. The Labute approximate surface area is 229 Å². The van der Waals surface area contributed by atoms with Crippen molar-refractivity contribution < 1.29 is 19.0 Å². The minimum Gasteiger partial charge on any atom is -0.494 e. The summed E-state index contributed by atoms with van der Waals surface area (Å²) in [6.07, 6.45) is 1.78. The van der Waals surface area contributed by atoms with Crippen LogP contribution in [0.2, 0.25) is 5.02 Å². The number of thiocarbonyl (C=S) groups is 1. The molecule has 3 aromatic rings. The van der Waals surface area contributed by atoms with Gasteiger partial charge in [-0.25, -0.2) is 0 Å². The van der Waals surface area contributed by atoms with E-state index in [1.54, 1.807) is 25.1 Å². The number of likely N-dealkylation sites (N-methyl/N-ethyl adjacent to an activating group) is 1. The van der Waals surface area contributed by atoms with Crippen molar-refractivity contribution in [3.8, 4) is 17.2 Å². The number of nitrogens with zero attached hydrogens (tertiary/aromatic N) is 2. The van der Waals surface area contributed by atoms with Gasteiger partial charge in [-0.1, -0.05) is 23.7 Å². The zero-order valence-corrected chi connectivity index (χ0v) is 23.1. The molecule has 0 N–H and O–H groups in total. The fourth-order valence-electron chi connectivity index (χ4n) is 3.75. The summed E-state index contributed by atoms with van der Waals surface area (Å²) >= 11 is 15.2. The number of anilines is 1. The molecule has 6 nitrogen and oxygen atoms in total. The van der Waals surface area contributed by atoms with Gasteiger partial charge in [-0.3, -0.25) is 9.69 Å². The lowest BCUT2D eigenvalue weighted by Crippen LogP contribution is -2.31. The molecule has 0 saturated carbocycles. The van der Waals surface area contributed by atoms with E-state index in [1.165, 1.54) is 4.90 Å². The third-order valence-electron chi connectivity index (χ3n) is 5.50. The number of benzene rings is 3. The van der Waals surface area contributed by atoms with Gasteiger partial charge in [0, 0.05) is 12.1 Å². The number of halogens is 2. The van der Waals surface area contributed by atoms with Crippen LogP contribution in [0.3, 0.4) is 0 Å². The van der Waals surface area contributed by atoms with Gasteiger partial charge in [0.15, 0.2) is 16.6 Å². The Bertz CT molecular complexity index is 1330. The third-order valence-corrected chi connectivity index (χ3v) is 6.78. The molecule has 3 aromatic carbocycles. The van der Waals surface area contributed by atoms with Crippen LogP contribution in [-0.4, -0.2) is 36.7 Å². The first-order valence-corrected chi connectivity index (χ1v) is 12.7. The third kappa shape index (κ3) is 5.51. The molecule has 1 saturated heterocycles. The molecule has 1 aliphatic rings. The second-order valence-electron chi connectivity index (χ2n) is 7.89. The number of ether oxygens (including phenoxy) is 3. The Morgan fingerprint density at radius 1 is 1.08 bits per heavy atom. The van der Waals surface area contributed by atoms with Crippen LogP contribution in [0.5, 0.6) is 17.2 Å². The van der Waals surface area contributed by atoms with Crippen LogP contribution in [0.1, 0.15) is 18.1 Å². The lowest BCUT2D eigenvalue weighted by Gasteiger charge is -2.16.